The summed E-state index contributed by atoms with van der Waals surface area (Å²) in [5.41, 5.74) is 2.50. The summed E-state index contributed by atoms with van der Waals surface area (Å²) in [6, 6.07) is 3.83. The number of anilines is 1. The third kappa shape index (κ3) is 6.89. The van der Waals surface area contributed by atoms with Gasteiger partial charge in [0.25, 0.3) is 5.69 Å². The second-order valence-electron chi connectivity index (χ2n) is 4.60. The molecule has 8 heteroatoms. The molecule has 2 rings (SSSR count). The van der Waals surface area contributed by atoms with Crippen molar-refractivity contribution in [3.63, 3.8) is 0 Å². The molecule has 0 spiro atoms. The highest BCUT2D eigenvalue weighted by Gasteiger charge is 2.20. The van der Waals surface area contributed by atoms with E-state index in [9.17, 15) is 14.5 Å². The predicted octanol–water partition coefficient (Wildman–Crippen LogP) is 1.98. The van der Waals surface area contributed by atoms with Gasteiger partial charge in [-0.3, -0.25) is 21.4 Å². The molecule has 23 heavy (non-hydrogen) atoms. The fourth-order valence-corrected chi connectivity index (χ4v) is 2.17. The Balaban J connectivity index is 0.000000868. The summed E-state index contributed by atoms with van der Waals surface area (Å²) in [5, 5.41) is 10.5. The number of likely N-dealkylation sites (N-methyl/N-ethyl adjacent to an activating group) is 1. The first-order valence-corrected chi connectivity index (χ1v) is 7.82. The highest BCUT2D eigenvalue weighted by atomic mass is 19.1. The molecular formula is C15H28FN5O2. The van der Waals surface area contributed by atoms with E-state index in [2.05, 4.69) is 23.1 Å². The van der Waals surface area contributed by atoms with Crippen LogP contribution in [0.5, 0.6) is 0 Å². The van der Waals surface area contributed by atoms with Gasteiger partial charge in [-0.25, -0.2) is 4.39 Å². The van der Waals surface area contributed by atoms with Crippen molar-refractivity contribution < 1.29 is 9.31 Å². The molecule has 132 valence electrons. The second kappa shape index (κ2) is 11.8. The van der Waals surface area contributed by atoms with Crippen molar-refractivity contribution in [1.82, 2.24) is 10.3 Å². The van der Waals surface area contributed by atoms with Gasteiger partial charge in [-0.2, -0.15) is 0 Å². The summed E-state index contributed by atoms with van der Waals surface area (Å²) in [7, 11) is 1.65. The summed E-state index contributed by atoms with van der Waals surface area (Å²) in [4.78, 5) is 14.2. The van der Waals surface area contributed by atoms with Crippen LogP contribution in [-0.4, -0.2) is 49.6 Å². The van der Waals surface area contributed by atoms with Crippen molar-refractivity contribution in [3.05, 3.63) is 34.1 Å². The molecule has 1 saturated heterocycles. The van der Waals surface area contributed by atoms with Gasteiger partial charge in [0, 0.05) is 32.2 Å². The van der Waals surface area contributed by atoms with Gasteiger partial charge in [0.15, 0.2) is 5.82 Å². The molecule has 0 unspecified atom stereocenters. The monoisotopic (exact) mass is 329 g/mol. The topological polar surface area (TPSA) is 87.7 Å². The van der Waals surface area contributed by atoms with Crippen LogP contribution in [0.2, 0.25) is 0 Å². The number of nitrogens with two attached hydrogens (primary N) is 1. The molecule has 0 atom stereocenters. The Bertz CT molecular complexity index is 465. The Morgan fingerprint density at radius 2 is 1.83 bits per heavy atom. The number of hydrazine groups is 1. The number of hydrogen-bond acceptors (Lipinski definition) is 6. The Morgan fingerprint density at radius 3 is 2.22 bits per heavy atom. The van der Waals surface area contributed by atoms with Crippen LogP contribution in [0.1, 0.15) is 20.8 Å². The van der Waals surface area contributed by atoms with E-state index in [1.54, 1.807) is 7.05 Å². The first-order valence-electron chi connectivity index (χ1n) is 7.82. The van der Waals surface area contributed by atoms with Crippen molar-refractivity contribution in [2.45, 2.75) is 20.8 Å². The highest BCUT2D eigenvalue weighted by Crippen LogP contribution is 2.24. The lowest BCUT2D eigenvalue weighted by molar-refractivity contribution is -0.385. The Labute approximate surface area is 137 Å². The molecule has 3 N–H and O–H groups in total. The average Bonchev–Trinajstić information content (AvgIpc) is 2.57. The van der Waals surface area contributed by atoms with Gasteiger partial charge in [0.1, 0.15) is 0 Å². The van der Waals surface area contributed by atoms with Gasteiger partial charge < -0.3 is 9.80 Å². The van der Waals surface area contributed by atoms with E-state index < -0.39 is 10.7 Å². The molecule has 0 radical (unpaired) electrons. The van der Waals surface area contributed by atoms with E-state index in [1.807, 2.05) is 18.7 Å². The normalized spacial score (nSPS) is 14.3. The fraction of sp³-hybridized carbons (Fsp3) is 0.600. The Morgan fingerprint density at radius 1 is 1.30 bits per heavy atom. The fourth-order valence-electron chi connectivity index (χ4n) is 2.17. The molecule has 1 fully saturated rings. The number of piperazine rings is 1. The lowest BCUT2D eigenvalue weighted by Crippen LogP contribution is -2.46. The first-order chi connectivity index (χ1) is 11.0. The van der Waals surface area contributed by atoms with Crippen molar-refractivity contribution in [1.29, 1.82) is 0 Å². The van der Waals surface area contributed by atoms with E-state index in [-0.39, 0.29) is 5.69 Å². The number of halogens is 1. The SMILES string of the molecule is CC.CCN1CCN(c2ccc([N+](=O)[O-])cc2F)CC1.CNN. The zero-order chi connectivity index (χ0) is 17.8. The third-order valence-corrected chi connectivity index (χ3v) is 3.30. The molecule has 1 aromatic carbocycles. The van der Waals surface area contributed by atoms with Gasteiger partial charge in [-0.1, -0.05) is 20.8 Å². The number of rotatable bonds is 3. The van der Waals surface area contributed by atoms with Crippen LogP contribution in [0.15, 0.2) is 18.2 Å². The van der Waals surface area contributed by atoms with E-state index in [1.165, 1.54) is 12.1 Å². The van der Waals surface area contributed by atoms with Gasteiger partial charge in [-0.15, -0.1) is 0 Å². The molecule has 0 aromatic heterocycles. The Hall–Kier alpha value is -1.77. The maximum atomic E-state index is 13.8. The molecule has 0 bridgehead atoms. The van der Waals surface area contributed by atoms with E-state index in [0.717, 1.165) is 38.8 Å². The lowest BCUT2D eigenvalue weighted by atomic mass is 10.2. The van der Waals surface area contributed by atoms with Crippen molar-refractivity contribution in [3.8, 4) is 0 Å². The standard InChI is InChI=1S/C12H16FN3O2.C2H6.CH6N2/c1-2-14-5-7-15(8-6-14)12-4-3-10(16(17)18)9-11(12)13;1-2;1-3-2/h3-4,9H,2,5-8H2,1H3;1-2H3;3H,2H2,1H3. The minimum absolute atomic E-state index is 0.205. The van der Waals surface area contributed by atoms with Crippen molar-refractivity contribution >= 4 is 11.4 Å². The maximum absolute atomic E-state index is 13.8. The van der Waals surface area contributed by atoms with Gasteiger partial charge in [0.2, 0.25) is 0 Å². The number of nitrogens with one attached hydrogen (secondary N) is 1. The number of nitro groups is 1. The van der Waals surface area contributed by atoms with Crippen molar-refractivity contribution in [2.24, 2.45) is 5.84 Å². The van der Waals surface area contributed by atoms with Crippen LogP contribution in [0.3, 0.4) is 0 Å². The minimum atomic E-state index is -0.581. The quantitative estimate of drug-likeness (QED) is 0.501. The molecule has 1 aliphatic heterocycles. The van der Waals surface area contributed by atoms with E-state index in [0.29, 0.717) is 5.69 Å². The summed E-state index contributed by atoms with van der Waals surface area (Å²) in [5.74, 6) is 4.08. The van der Waals surface area contributed by atoms with Gasteiger partial charge >= 0.3 is 0 Å². The molecule has 0 saturated carbocycles. The van der Waals surface area contributed by atoms with E-state index >= 15 is 0 Å². The van der Waals surface area contributed by atoms with Crippen molar-refractivity contribution in [2.75, 3.05) is 44.7 Å². The van der Waals surface area contributed by atoms with Crippen LogP contribution in [0.4, 0.5) is 15.8 Å². The molecule has 1 heterocycles. The minimum Gasteiger partial charge on any atom is -0.367 e. The molecule has 0 amide bonds. The lowest BCUT2D eigenvalue weighted by Gasteiger charge is -2.35. The van der Waals surface area contributed by atoms with Crippen LogP contribution in [0.25, 0.3) is 0 Å². The van der Waals surface area contributed by atoms with Crippen LogP contribution < -0.4 is 16.2 Å². The molecular weight excluding hydrogens is 301 g/mol. The summed E-state index contributed by atoms with van der Waals surface area (Å²) in [6.45, 7) is 10.4. The van der Waals surface area contributed by atoms with Gasteiger partial charge in [0.05, 0.1) is 16.7 Å². The molecule has 1 aliphatic rings. The molecule has 7 nitrogen and oxygen atoms in total. The first kappa shape index (κ1) is 21.2. The number of benzene rings is 1. The summed E-state index contributed by atoms with van der Waals surface area (Å²) in [6.07, 6.45) is 0. The predicted molar refractivity (Wildman–Crippen MR) is 92.0 cm³/mol. The van der Waals surface area contributed by atoms with Crippen LogP contribution >= 0.6 is 0 Å². The Kier molecular flexibility index (Phi) is 10.8. The summed E-state index contributed by atoms with van der Waals surface area (Å²) >= 11 is 0. The number of non-ortho nitro benzene ring substituents is 1. The zero-order valence-corrected chi connectivity index (χ0v) is 14.4. The third-order valence-electron chi connectivity index (χ3n) is 3.30. The number of nitro benzene ring substituents is 1. The number of hydrogen-bond donors (Lipinski definition) is 2. The average molecular weight is 329 g/mol. The molecule has 1 aromatic rings. The van der Waals surface area contributed by atoms with E-state index in [4.69, 9.17) is 0 Å². The molecule has 0 aliphatic carbocycles. The largest absolute Gasteiger partial charge is 0.367 e. The zero-order valence-electron chi connectivity index (χ0n) is 14.4. The highest BCUT2D eigenvalue weighted by molar-refractivity contribution is 5.52. The van der Waals surface area contributed by atoms with Crippen LogP contribution in [-0.2, 0) is 0 Å². The second-order valence-corrected chi connectivity index (χ2v) is 4.60. The number of nitrogens with zero attached hydrogens (tertiary/aromatic N) is 3. The van der Waals surface area contributed by atoms with Crippen LogP contribution in [0, 0.1) is 15.9 Å². The smallest absolute Gasteiger partial charge is 0.272 e. The van der Waals surface area contributed by atoms with Gasteiger partial charge in [-0.05, 0) is 19.7 Å². The summed E-state index contributed by atoms with van der Waals surface area (Å²) < 4.78 is 13.8. The maximum Gasteiger partial charge on any atom is 0.272 e.